The highest BCUT2D eigenvalue weighted by atomic mass is 16.7. The van der Waals surface area contributed by atoms with Crippen LogP contribution in [0.3, 0.4) is 0 Å². The van der Waals surface area contributed by atoms with Crippen LogP contribution in [0.1, 0.15) is 58.3 Å². The number of unbranched alkanes of at least 4 members (excludes halogenated alkanes) is 5. The fourth-order valence-corrected chi connectivity index (χ4v) is 3.19. The van der Waals surface area contributed by atoms with E-state index in [9.17, 15) is 9.59 Å². The maximum absolute atomic E-state index is 12.4. The van der Waals surface area contributed by atoms with Gasteiger partial charge in [0.15, 0.2) is 6.29 Å². The van der Waals surface area contributed by atoms with E-state index < -0.39 is 11.9 Å². The van der Waals surface area contributed by atoms with E-state index in [0.717, 1.165) is 25.3 Å². The molecule has 7 nitrogen and oxygen atoms in total. The lowest BCUT2D eigenvalue weighted by molar-refractivity contribution is -0.208. The summed E-state index contributed by atoms with van der Waals surface area (Å²) in [6, 6.07) is 6.90. The predicted molar refractivity (Wildman–Crippen MR) is 121 cm³/mol. The zero-order valence-electron chi connectivity index (χ0n) is 19.1. The highest BCUT2D eigenvalue weighted by molar-refractivity contribution is 5.81. The smallest absolute Gasteiger partial charge is 0.330 e. The van der Waals surface area contributed by atoms with Crippen molar-refractivity contribution in [3.63, 3.8) is 0 Å². The van der Waals surface area contributed by atoms with Gasteiger partial charge in [0.1, 0.15) is 17.4 Å². The van der Waals surface area contributed by atoms with Gasteiger partial charge in [0, 0.05) is 6.08 Å². The van der Waals surface area contributed by atoms with Crippen LogP contribution < -0.4 is 9.47 Å². The van der Waals surface area contributed by atoms with E-state index in [1.807, 2.05) is 0 Å². The zero-order chi connectivity index (χ0) is 23.0. The molecule has 1 aliphatic rings. The average Bonchev–Trinajstić information content (AvgIpc) is 2.82. The molecular formula is C25H36O7. The summed E-state index contributed by atoms with van der Waals surface area (Å²) in [6.45, 7) is 7.03. The number of rotatable bonds is 15. The van der Waals surface area contributed by atoms with Crippen LogP contribution in [0.2, 0.25) is 0 Å². The second-order valence-corrected chi connectivity index (χ2v) is 7.82. The number of esters is 2. The lowest BCUT2D eigenvalue weighted by Crippen LogP contribution is -2.38. The highest BCUT2D eigenvalue weighted by Crippen LogP contribution is 2.21. The molecule has 0 bridgehead atoms. The Morgan fingerprint density at radius 1 is 0.969 bits per heavy atom. The van der Waals surface area contributed by atoms with Gasteiger partial charge in [0.2, 0.25) is 0 Å². The molecule has 1 heterocycles. The molecule has 0 aromatic heterocycles. The van der Waals surface area contributed by atoms with Crippen molar-refractivity contribution in [3.8, 4) is 11.5 Å². The molecule has 0 spiro atoms. The van der Waals surface area contributed by atoms with Crippen LogP contribution >= 0.6 is 0 Å². The maximum atomic E-state index is 12.4. The zero-order valence-corrected chi connectivity index (χ0v) is 19.1. The van der Waals surface area contributed by atoms with Gasteiger partial charge in [-0.2, -0.15) is 0 Å². The monoisotopic (exact) mass is 448 g/mol. The first-order valence-electron chi connectivity index (χ1n) is 11.6. The SMILES string of the molecule is C=CC(=O)OCCCCOc1ccc(OC(=O)C2COC(CCCCCCC)OC2)cc1. The molecule has 178 valence electrons. The Morgan fingerprint density at radius 3 is 2.31 bits per heavy atom. The Morgan fingerprint density at radius 2 is 1.62 bits per heavy atom. The fraction of sp³-hybridized carbons (Fsp3) is 0.600. The van der Waals surface area contributed by atoms with Gasteiger partial charge in [-0.1, -0.05) is 39.2 Å². The quantitative estimate of drug-likeness (QED) is 0.165. The first kappa shape index (κ1) is 25.9. The molecular weight excluding hydrogens is 412 g/mol. The summed E-state index contributed by atoms with van der Waals surface area (Å²) >= 11 is 0. The van der Waals surface area contributed by atoms with Crippen LogP contribution in [0.25, 0.3) is 0 Å². The second-order valence-electron chi connectivity index (χ2n) is 7.82. The molecule has 0 N–H and O–H groups in total. The summed E-state index contributed by atoms with van der Waals surface area (Å²) < 4.78 is 27.4. The third-order valence-corrected chi connectivity index (χ3v) is 5.10. The average molecular weight is 449 g/mol. The van der Waals surface area contributed by atoms with Crippen LogP contribution in [0.5, 0.6) is 11.5 Å². The van der Waals surface area contributed by atoms with Crippen molar-refractivity contribution in [1.29, 1.82) is 0 Å². The van der Waals surface area contributed by atoms with E-state index in [1.54, 1.807) is 24.3 Å². The molecule has 0 radical (unpaired) electrons. The number of hydrogen-bond donors (Lipinski definition) is 0. The molecule has 1 aromatic carbocycles. The van der Waals surface area contributed by atoms with Crippen molar-refractivity contribution in [1.82, 2.24) is 0 Å². The molecule has 0 saturated carbocycles. The van der Waals surface area contributed by atoms with Gasteiger partial charge >= 0.3 is 11.9 Å². The molecule has 0 unspecified atom stereocenters. The summed E-state index contributed by atoms with van der Waals surface area (Å²) in [5.41, 5.74) is 0. The highest BCUT2D eigenvalue weighted by Gasteiger charge is 2.29. The Labute approximate surface area is 191 Å². The lowest BCUT2D eigenvalue weighted by Gasteiger charge is -2.28. The number of carbonyl (C=O) groups is 2. The fourth-order valence-electron chi connectivity index (χ4n) is 3.19. The lowest BCUT2D eigenvalue weighted by atomic mass is 10.1. The van der Waals surface area contributed by atoms with Crippen molar-refractivity contribution in [2.45, 2.75) is 64.6 Å². The summed E-state index contributed by atoms with van der Waals surface area (Å²) in [5.74, 6) is -0.0534. The molecule has 0 amide bonds. The third-order valence-electron chi connectivity index (χ3n) is 5.10. The minimum Gasteiger partial charge on any atom is -0.494 e. The van der Waals surface area contributed by atoms with Gasteiger partial charge in [0.25, 0.3) is 0 Å². The molecule has 7 heteroatoms. The topological polar surface area (TPSA) is 80.3 Å². The van der Waals surface area contributed by atoms with E-state index in [1.165, 1.54) is 25.7 Å². The first-order valence-corrected chi connectivity index (χ1v) is 11.6. The number of hydrogen-bond acceptors (Lipinski definition) is 7. The van der Waals surface area contributed by atoms with E-state index in [-0.39, 0.29) is 12.3 Å². The van der Waals surface area contributed by atoms with Gasteiger partial charge in [0.05, 0.1) is 26.4 Å². The van der Waals surface area contributed by atoms with Crippen molar-refractivity contribution >= 4 is 11.9 Å². The normalized spacial score (nSPS) is 18.0. The summed E-state index contributed by atoms with van der Waals surface area (Å²) in [5, 5.41) is 0. The van der Waals surface area contributed by atoms with Crippen LogP contribution in [0.4, 0.5) is 0 Å². The van der Waals surface area contributed by atoms with E-state index in [2.05, 4.69) is 13.5 Å². The molecule has 1 saturated heterocycles. The largest absolute Gasteiger partial charge is 0.494 e. The molecule has 1 aromatic rings. The summed E-state index contributed by atoms with van der Waals surface area (Å²) in [4.78, 5) is 23.3. The second kappa shape index (κ2) is 15.4. The Hall–Kier alpha value is -2.38. The Balaban J connectivity index is 1.59. The van der Waals surface area contributed by atoms with Crippen LogP contribution in [-0.2, 0) is 23.8 Å². The van der Waals surface area contributed by atoms with Crippen LogP contribution in [0, 0.1) is 5.92 Å². The molecule has 1 aliphatic heterocycles. The van der Waals surface area contributed by atoms with E-state index in [0.29, 0.717) is 44.3 Å². The number of benzene rings is 1. The van der Waals surface area contributed by atoms with Gasteiger partial charge in [-0.05, 0) is 49.9 Å². The van der Waals surface area contributed by atoms with Crippen LogP contribution in [-0.4, -0.2) is 44.7 Å². The molecule has 1 fully saturated rings. The van der Waals surface area contributed by atoms with Crippen molar-refractivity contribution in [2.75, 3.05) is 26.4 Å². The van der Waals surface area contributed by atoms with Crippen molar-refractivity contribution in [2.24, 2.45) is 5.92 Å². The standard InChI is InChI=1S/C25H36O7/c1-3-5-6-7-8-11-24-30-18-20(19-31-24)25(27)32-22-14-12-21(13-15-22)28-16-9-10-17-29-23(26)4-2/h4,12-15,20,24H,2-3,5-11,16-19H2,1H3. The molecule has 2 rings (SSSR count). The van der Waals surface area contributed by atoms with Gasteiger partial charge < -0.3 is 23.7 Å². The Bertz CT molecular complexity index is 678. The predicted octanol–water partition coefficient (Wildman–Crippen LogP) is 4.83. The van der Waals surface area contributed by atoms with Gasteiger partial charge in [-0.25, -0.2) is 4.79 Å². The van der Waals surface area contributed by atoms with E-state index >= 15 is 0 Å². The van der Waals surface area contributed by atoms with Crippen molar-refractivity contribution < 1.29 is 33.3 Å². The molecule has 32 heavy (non-hydrogen) atoms. The third kappa shape index (κ3) is 10.3. The number of carbonyl (C=O) groups excluding carboxylic acids is 2. The summed E-state index contributed by atoms with van der Waals surface area (Å²) in [6.07, 6.45) is 9.27. The van der Waals surface area contributed by atoms with Gasteiger partial charge in [-0.3, -0.25) is 4.79 Å². The summed E-state index contributed by atoms with van der Waals surface area (Å²) in [7, 11) is 0. The Kier molecular flexibility index (Phi) is 12.5. The molecule has 0 atom stereocenters. The van der Waals surface area contributed by atoms with Crippen LogP contribution in [0.15, 0.2) is 36.9 Å². The van der Waals surface area contributed by atoms with Crippen molar-refractivity contribution in [3.05, 3.63) is 36.9 Å². The van der Waals surface area contributed by atoms with Gasteiger partial charge in [-0.15, -0.1) is 0 Å². The minimum absolute atomic E-state index is 0.217. The maximum Gasteiger partial charge on any atom is 0.330 e. The number of ether oxygens (including phenoxy) is 5. The molecule has 0 aliphatic carbocycles. The first-order chi connectivity index (χ1) is 15.6. The minimum atomic E-state index is -0.419. The van der Waals surface area contributed by atoms with E-state index in [4.69, 9.17) is 23.7 Å².